The molecule has 1 saturated heterocycles. The van der Waals surface area contributed by atoms with Gasteiger partial charge in [-0.1, -0.05) is 0 Å². The van der Waals surface area contributed by atoms with Gasteiger partial charge < -0.3 is 19.5 Å². The monoisotopic (exact) mass is 299 g/mol. The zero-order valence-corrected chi connectivity index (χ0v) is 13.0. The van der Waals surface area contributed by atoms with E-state index in [1.165, 1.54) is 5.69 Å². The summed E-state index contributed by atoms with van der Waals surface area (Å²) in [5.74, 6) is 0.112. The average molecular weight is 299 g/mol. The molecule has 1 aliphatic heterocycles. The minimum absolute atomic E-state index is 0.222. The number of nitrogens with one attached hydrogen (secondary N) is 1. The average Bonchev–Trinajstić information content (AvgIpc) is 2.96. The number of amides is 1. The number of likely N-dealkylation sites (N-methyl/N-ethyl adjacent to an activating group) is 1. The highest BCUT2D eigenvalue weighted by Crippen LogP contribution is 2.20. The molecule has 1 aromatic heterocycles. The van der Waals surface area contributed by atoms with Gasteiger partial charge in [0.05, 0.1) is 6.26 Å². The van der Waals surface area contributed by atoms with Gasteiger partial charge >= 0.3 is 0 Å². The Morgan fingerprint density at radius 1 is 1.14 bits per heavy atom. The third kappa shape index (κ3) is 3.31. The number of hydrogen-bond donors (Lipinski definition) is 1. The van der Waals surface area contributed by atoms with E-state index in [1.807, 2.05) is 31.2 Å². The van der Waals surface area contributed by atoms with Crippen LogP contribution in [-0.2, 0) is 0 Å². The van der Waals surface area contributed by atoms with Crippen LogP contribution in [0.4, 0.5) is 11.4 Å². The van der Waals surface area contributed by atoms with Crippen LogP contribution in [0, 0.1) is 6.92 Å². The molecule has 1 aromatic carbocycles. The van der Waals surface area contributed by atoms with Crippen molar-refractivity contribution in [1.29, 1.82) is 0 Å². The van der Waals surface area contributed by atoms with Crippen LogP contribution in [0.1, 0.15) is 16.1 Å². The first kappa shape index (κ1) is 14.7. The van der Waals surface area contributed by atoms with Crippen LogP contribution in [0.15, 0.2) is 41.0 Å². The van der Waals surface area contributed by atoms with Crippen LogP contribution in [0.25, 0.3) is 0 Å². The molecule has 2 aromatic rings. The number of carbonyl (C=O) groups excluding carboxylic acids is 1. The van der Waals surface area contributed by atoms with E-state index in [4.69, 9.17) is 4.42 Å². The van der Waals surface area contributed by atoms with Gasteiger partial charge in [-0.05, 0) is 49.9 Å². The molecule has 5 nitrogen and oxygen atoms in total. The molecule has 2 heterocycles. The van der Waals surface area contributed by atoms with Crippen molar-refractivity contribution >= 4 is 17.3 Å². The predicted molar refractivity (Wildman–Crippen MR) is 87.6 cm³/mol. The quantitative estimate of drug-likeness (QED) is 0.946. The lowest BCUT2D eigenvalue weighted by atomic mass is 10.2. The van der Waals surface area contributed by atoms with Crippen LogP contribution < -0.4 is 10.2 Å². The van der Waals surface area contributed by atoms with Crippen molar-refractivity contribution in [2.75, 3.05) is 43.4 Å². The minimum Gasteiger partial charge on any atom is -0.459 e. The molecule has 0 unspecified atom stereocenters. The van der Waals surface area contributed by atoms with E-state index in [0.717, 1.165) is 37.4 Å². The fraction of sp³-hybridized carbons (Fsp3) is 0.353. The van der Waals surface area contributed by atoms with Crippen molar-refractivity contribution in [3.8, 4) is 0 Å². The van der Waals surface area contributed by atoms with E-state index in [9.17, 15) is 4.79 Å². The first-order valence-electron chi connectivity index (χ1n) is 7.52. The molecule has 1 amide bonds. The Kier molecular flexibility index (Phi) is 4.15. The number of benzene rings is 1. The molecular weight excluding hydrogens is 278 g/mol. The van der Waals surface area contributed by atoms with E-state index in [1.54, 1.807) is 12.3 Å². The summed E-state index contributed by atoms with van der Waals surface area (Å²) in [7, 11) is 2.15. The lowest BCUT2D eigenvalue weighted by Gasteiger charge is -2.34. The summed E-state index contributed by atoms with van der Waals surface area (Å²) in [6.07, 6.45) is 1.57. The highest BCUT2D eigenvalue weighted by Gasteiger charge is 2.14. The second-order valence-electron chi connectivity index (χ2n) is 5.78. The zero-order chi connectivity index (χ0) is 15.5. The van der Waals surface area contributed by atoms with Crippen LogP contribution in [-0.4, -0.2) is 44.0 Å². The van der Waals surface area contributed by atoms with Crippen molar-refractivity contribution in [1.82, 2.24) is 4.90 Å². The standard InChI is InChI=1S/C17H21N3O2/c1-13-11-16(22-12-13)17(21)18-14-3-5-15(6-4-14)20-9-7-19(2)8-10-20/h3-6,11-12H,7-10H2,1-2H3,(H,18,21). The van der Waals surface area contributed by atoms with Gasteiger partial charge in [0, 0.05) is 37.6 Å². The molecule has 0 radical (unpaired) electrons. The first-order chi connectivity index (χ1) is 10.6. The lowest BCUT2D eigenvalue weighted by molar-refractivity contribution is 0.0996. The van der Waals surface area contributed by atoms with Crippen molar-refractivity contribution in [2.45, 2.75) is 6.92 Å². The molecule has 0 bridgehead atoms. The molecule has 1 aliphatic rings. The molecule has 1 fully saturated rings. The third-order valence-electron chi connectivity index (χ3n) is 3.95. The fourth-order valence-electron chi connectivity index (χ4n) is 2.56. The molecule has 0 saturated carbocycles. The number of anilines is 2. The van der Waals surface area contributed by atoms with Crippen LogP contribution in [0.3, 0.4) is 0 Å². The maximum atomic E-state index is 12.0. The number of nitrogens with zero attached hydrogens (tertiary/aromatic N) is 2. The number of carbonyl (C=O) groups is 1. The van der Waals surface area contributed by atoms with Crippen molar-refractivity contribution in [2.24, 2.45) is 0 Å². The summed E-state index contributed by atoms with van der Waals surface area (Å²) in [4.78, 5) is 16.7. The van der Waals surface area contributed by atoms with E-state index in [0.29, 0.717) is 5.76 Å². The number of furan rings is 1. The highest BCUT2D eigenvalue weighted by molar-refractivity contribution is 6.02. The first-order valence-corrected chi connectivity index (χ1v) is 7.52. The minimum atomic E-state index is -0.222. The van der Waals surface area contributed by atoms with Gasteiger partial charge in [0.15, 0.2) is 5.76 Å². The molecule has 0 spiro atoms. The number of rotatable bonds is 3. The Balaban J connectivity index is 1.63. The Morgan fingerprint density at radius 2 is 1.82 bits per heavy atom. The Morgan fingerprint density at radius 3 is 2.41 bits per heavy atom. The predicted octanol–water partition coefficient (Wildman–Crippen LogP) is 2.59. The van der Waals surface area contributed by atoms with Crippen molar-refractivity contribution in [3.05, 3.63) is 47.9 Å². The van der Waals surface area contributed by atoms with Crippen LogP contribution in [0.5, 0.6) is 0 Å². The molecular formula is C17H21N3O2. The lowest BCUT2D eigenvalue weighted by Crippen LogP contribution is -2.44. The summed E-state index contributed by atoms with van der Waals surface area (Å²) in [5, 5.41) is 2.85. The summed E-state index contributed by atoms with van der Waals surface area (Å²) >= 11 is 0. The molecule has 22 heavy (non-hydrogen) atoms. The molecule has 5 heteroatoms. The van der Waals surface area contributed by atoms with E-state index < -0.39 is 0 Å². The van der Waals surface area contributed by atoms with Gasteiger partial charge in [-0.15, -0.1) is 0 Å². The van der Waals surface area contributed by atoms with Gasteiger partial charge in [0.25, 0.3) is 5.91 Å². The number of hydrogen-bond acceptors (Lipinski definition) is 4. The van der Waals surface area contributed by atoms with Gasteiger partial charge in [-0.25, -0.2) is 0 Å². The smallest absolute Gasteiger partial charge is 0.291 e. The van der Waals surface area contributed by atoms with Gasteiger partial charge in [-0.2, -0.15) is 0 Å². The van der Waals surface area contributed by atoms with Crippen molar-refractivity contribution < 1.29 is 9.21 Å². The fourth-order valence-corrected chi connectivity index (χ4v) is 2.56. The summed E-state index contributed by atoms with van der Waals surface area (Å²) in [6.45, 7) is 6.12. The van der Waals surface area contributed by atoms with Gasteiger partial charge in [0.1, 0.15) is 0 Å². The summed E-state index contributed by atoms with van der Waals surface area (Å²) < 4.78 is 5.20. The Labute approximate surface area is 130 Å². The SMILES string of the molecule is Cc1coc(C(=O)Nc2ccc(N3CCN(C)CC3)cc2)c1. The van der Waals surface area contributed by atoms with E-state index in [-0.39, 0.29) is 5.91 Å². The summed E-state index contributed by atoms with van der Waals surface area (Å²) in [6, 6.07) is 9.69. The number of piperazine rings is 1. The highest BCUT2D eigenvalue weighted by atomic mass is 16.3. The van der Waals surface area contributed by atoms with Crippen LogP contribution in [0.2, 0.25) is 0 Å². The molecule has 0 aliphatic carbocycles. The second kappa shape index (κ2) is 6.23. The maximum absolute atomic E-state index is 12.0. The van der Waals surface area contributed by atoms with E-state index in [2.05, 4.69) is 22.2 Å². The van der Waals surface area contributed by atoms with Crippen LogP contribution >= 0.6 is 0 Å². The van der Waals surface area contributed by atoms with Gasteiger partial charge in [-0.3, -0.25) is 4.79 Å². The zero-order valence-electron chi connectivity index (χ0n) is 13.0. The molecule has 0 atom stereocenters. The third-order valence-corrected chi connectivity index (χ3v) is 3.95. The Hall–Kier alpha value is -2.27. The molecule has 116 valence electrons. The van der Waals surface area contributed by atoms with Gasteiger partial charge in [0.2, 0.25) is 0 Å². The Bertz CT molecular complexity index is 640. The number of aryl methyl sites for hydroxylation is 1. The summed E-state index contributed by atoms with van der Waals surface area (Å²) in [5.41, 5.74) is 2.91. The topological polar surface area (TPSA) is 48.7 Å². The largest absolute Gasteiger partial charge is 0.459 e. The normalized spacial score (nSPS) is 15.8. The molecule has 3 rings (SSSR count). The second-order valence-corrected chi connectivity index (χ2v) is 5.78. The molecule has 1 N–H and O–H groups in total. The maximum Gasteiger partial charge on any atom is 0.291 e. The van der Waals surface area contributed by atoms with E-state index >= 15 is 0 Å². The van der Waals surface area contributed by atoms with Crippen molar-refractivity contribution in [3.63, 3.8) is 0 Å².